The maximum absolute atomic E-state index is 13.3. The lowest BCUT2D eigenvalue weighted by molar-refractivity contribution is -0.289. The molecule has 1 fully saturated rings. The van der Waals surface area contributed by atoms with Gasteiger partial charge in [0.1, 0.15) is 5.78 Å². The highest BCUT2D eigenvalue weighted by molar-refractivity contribution is 5.87. The summed E-state index contributed by atoms with van der Waals surface area (Å²) in [5.74, 6) is -0.814. The van der Waals surface area contributed by atoms with Gasteiger partial charge in [-0.15, -0.1) is 0 Å². The Balaban J connectivity index is 2.81. The molecule has 4 atom stereocenters. The molecule has 1 heterocycles. The van der Waals surface area contributed by atoms with Gasteiger partial charge < -0.3 is 19.9 Å². The molecule has 2 N–H and O–H groups in total. The van der Waals surface area contributed by atoms with Crippen LogP contribution >= 0.6 is 0 Å². The number of hydrogen-bond donors (Lipinski definition) is 2. The fourth-order valence-corrected chi connectivity index (χ4v) is 3.74. The van der Waals surface area contributed by atoms with Crippen LogP contribution in [0.15, 0.2) is 0 Å². The van der Waals surface area contributed by atoms with E-state index in [1.54, 1.807) is 0 Å². The largest absolute Gasteiger partial charge is 0.392 e. The van der Waals surface area contributed by atoms with Crippen molar-refractivity contribution in [2.24, 2.45) is 17.3 Å². The third-order valence-electron chi connectivity index (χ3n) is 5.55. The van der Waals surface area contributed by atoms with E-state index >= 15 is 0 Å². The zero-order valence-electron chi connectivity index (χ0n) is 17.2. The number of hydrogen-bond acceptors (Lipinski definition) is 5. The van der Waals surface area contributed by atoms with Crippen LogP contribution in [0.5, 0.6) is 0 Å². The molecule has 0 bridgehead atoms. The molecule has 0 aromatic carbocycles. The zero-order valence-corrected chi connectivity index (χ0v) is 17.2. The monoisotopic (exact) mass is 357 g/mol. The molecule has 148 valence electrons. The number of aliphatic hydroxyl groups is 1. The van der Waals surface area contributed by atoms with E-state index < -0.39 is 17.3 Å². The smallest absolute Gasteiger partial charge is 0.163 e. The van der Waals surface area contributed by atoms with Gasteiger partial charge in [0.05, 0.1) is 24.2 Å². The molecule has 0 aromatic heterocycles. The number of aliphatic hydroxyl groups excluding tert-OH is 1. The summed E-state index contributed by atoms with van der Waals surface area (Å²) >= 11 is 0. The summed E-state index contributed by atoms with van der Waals surface area (Å²) in [7, 11) is 1.93. The van der Waals surface area contributed by atoms with E-state index in [1.165, 1.54) is 0 Å². The average molecular weight is 358 g/mol. The summed E-state index contributed by atoms with van der Waals surface area (Å²) < 4.78 is 11.7. The van der Waals surface area contributed by atoms with Gasteiger partial charge in [-0.05, 0) is 59.0 Å². The predicted octanol–water partition coefficient (Wildman–Crippen LogP) is 3.15. The first-order valence-corrected chi connectivity index (χ1v) is 9.75. The van der Waals surface area contributed by atoms with Crippen LogP contribution in [0, 0.1) is 17.3 Å². The van der Waals surface area contributed by atoms with Crippen molar-refractivity contribution in [3.63, 3.8) is 0 Å². The van der Waals surface area contributed by atoms with Crippen molar-refractivity contribution in [2.75, 3.05) is 20.2 Å². The van der Waals surface area contributed by atoms with Gasteiger partial charge in [0, 0.05) is 5.92 Å². The molecule has 1 rings (SSSR count). The summed E-state index contributed by atoms with van der Waals surface area (Å²) in [4.78, 5) is 13.3. The Bertz CT molecular complexity index is 422. The highest BCUT2D eigenvalue weighted by Gasteiger charge is 2.46. The molecule has 5 heteroatoms. The van der Waals surface area contributed by atoms with Gasteiger partial charge in [0.15, 0.2) is 5.79 Å². The Morgan fingerprint density at radius 2 is 2.04 bits per heavy atom. The summed E-state index contributed by atoms with van der Waals surface area (Å²) in [5, 5.41) is 13.9. The van der Waals surface area contributed by atoms with Crippen LogP contribution in [0.3, 0.4) is 0 Å². The average Bonchev–Trinajstić information content (AvgIpc) is 2.54. The van der Waals surface area contributed by atoms with Crippen LogP contribution in [0.2, 0.25) is 0 Å². The van der Waals surface area contributed by atoms with E-state index in [4.69, 9.17) is 9.47 Å². The quantitative estimate of drug-likeness (QED) is 0.588. The molecule has 0 radical (unpaired) electrons. The van der Waals surface area contributed by atoms with E-state index in [1.807, 2.05) is 48.6 Å². The van der Waals surface area contributed by atoms with Crippen molar-refractivity contribution < 1.29 is 19.4 Å². The Hall–Kier alpha value is -0.490. The van der Waals surface area contributed by atoms with Gasteiger partial charge in [0.25, 0.3) is 0 Å². The van der Waals surface area contributed by atoms with Crippen LogP contribution in [0.25, 0.3) is 0 Å². The second kappa shape index (κ2) is 9.45. The molecule has 1 unspecified atom stereocenters. The van der Waals surface area contributed by atoms with Gasteiger partial charge in [-0.2, -0.15) is 0 Å². The third kappa shape index (κ3) is 6.02. The summed E-state index contributed by atoms with van der Waals surface area (Å²) in [6, 6.07) is 0. The highest BCUT2D eigenvalue weighted by atomic mass is 16.7. The van der Waals surface area contributed by atoms with Gasteiger partial charge in [0.2, 0.25) is 0 Å². The lowest BCUT2D eigenvalue weighted by Gasteiger charge is -2.44. The number of rotatable bonds is 10. The Kier molecular flexibility index (Phi) is 8.52. The lowest BCUT2D eigenvalue weighted by atomic mass is 9.71. The predicted molar refractivity (Wildman–Crippen MR) is 100 cm³/mol. The second-order valence-electron chi connectivity index (χ2n) is 8.46. The van der Waals surface area contributed by atoms with Gasteiger partial charge in [-0.1, -0.05) is 27.7 Å². The van der Waals surface area contributed by atoms with Crippen molar-refractivity contribution in [2.45, 2.75) is 85.2 Å². The van der Waals surface area contributed by atoms with Gasteiger partial charge in [-0.3, -0.25) is 4.79 Å². The molecule has 0 saturated carbocycles. The van der Waals surface area contributed by atoms with Crippen molar-refractivity contribution in [3.05, 3.63) is 0 Å². The molecule has 1 aliphatic heterocycles. The van der Waals surface area contributed by atoms with Crippen molar-refractivity contribution in [1.29, 1.82) is 0 Å². The highest BCUT2D eigenvalue weighted by Crippen LogP contribution is 2.38. The van der Waals surface area contributed by atoms with Crippen LogP contribution in [0.1, 0.15) is 67.2 Å². The van der Waals surface area contributed by atoms with Crippen molar-refractivity contribution in [1.82, 2.24) is 5.32 Å². The molecule has 25 heavy (non-hydrogen) atoms. The minimum absolute atomic E-state index is 0.102. The van der Waals surface area contributed by atoms with Crippen LogP contribution in [-0.2, 0) is 14.3 Å². The molecular formula is C20H39NO4. The van der Waals surface area contributed by atoms with Gasteiger partial charge >= 0.3 is 0 Å². The van der Waals surface area contributed by atoms with Gasteiger partial charge in [-0.25, -0.2) is 0 Å². The first kappa shape index (κ1) is 22.6. The topological polar surface area (TPSA) is 67.8 Å². The molecule has 0 aliphatic carbocycles. The third-order valence-corrected chi connectivity index (χ3v) is 5.55. The first-order chi connectivity index (χ1) is 11.6. The summed E-state index contributed by atoms with van der Waals surface area (Å²) in [6.45, 7) is 13.2. The van der Waals surface area contributed by atoms with E-state index in [0.29, 0.717) is 19.4 Å². The fraction of sp³-hybridized carbons (Fsp3) is 0.950. The van der Waals surface area contributed by atoms with Crippen LogP contribution < -0.4 is 5.32 Å². The molecule has 0 aromatic rings. The standard InChI is InChI=1S/C20H39NO4/c1-8-15(17(22)14(2)10-9-12-21-7)18(23)19(3,4)16-11-13-24-20(5,6)25-16/h14-17,21-22H,8-13H2,1-7H3/t14-,15?,16+,17+/m0/s1. The van der Waals surface area contributed by atoms with E-state index in [0.717, 1.165) is 19.4 Å². The number of nitrogens with one attached hydrogen (secondary N) is 1. The van der Waals surface area contributed by atoms with Crippen LogP contribution in [0.4, 0.5) is 0 Å². The SMILES string of the molecule is CCC(C(=O)C(C)(C)[C@H]1CCOC(C)(C)O1)[C@H](O)[C@@H](C)CCCNC. The van der Waals surface area contributed by atoms with E-state index in [2.05, 4.69) is 5.32 Å². The van der Waals surface area contributed by atoms with Crippen molar-refractivity contribution >= 4 is 5.78 Å². The minimum atomic E-state index is -0.665. The van der Waals surface area contributed by atoms with Crippen molar-refractivity contribution in [3.8, 4) is 0 Å². The molecule has 1 aliphatic rings. The number of ketones is 1. The Morgan fingerprint density at radius 3 is 2.56 bits per heavy atom. The lowest BCUT2D eigenvalue weighted by Crippen LogP contribution is -2.52. The Morgan fingerprint density at radius 1 is 1.40 bits per heavy atom. The van der Waals surface area contributed by atoms with E-state index in [-0.39, 0.29) is 23.7 Å². The minimum Gasteiger partial charge on any atom is -0.392 e. The molecule has 0 spiro atoms. The molecule has 5 nitrogen and oxygen atoms in total. The summed E-state index contributed by atoms with van der Waals surface area (Å²) in [5.41, 5.74) is -0.645. The maximum Gasteiger partial charge on any atom is 0.163 e. The maximum atomic E-state index is 13.3. The zero-order chi connectivity index (χ0) is 19.3. The number of ether oxygens (including phenoxy) is 2. The van der Waals surface area contributed by atoms with E-state index in [9.17, 15) is 9.90 Å². The normalized spacial score (nSPS) is 24.6. The fourth-order valence-electron chi connectivity index (χ4n) is 3.74. The number of Topliss-reactive ketones (excluding diaryl/α,β-unsaturated/α-hetero) is 1. The molecular weight excluding hydrogens is 318 g/mol. The molecule has 0 amide bonds. The second-order valence-corrected chi connectivity index (χ2v) is 8.46. The summed E-state index contributed by atoms with van der Waals surface area (Å²) in [6.07, 6.45) is 2.46. The number of carbonyl (C=O) groups excluding carboxylic acids is 1. The molecule has 1 saturated heterocycles. The van der Waals surface area contributed by atoms with Crippen LogP contribution in [-0.4, -0.2) is 49.1 Å². The Labute approximate surface area is 153 Å². The number of carbonyl (C=O) groups is 1. The first-order valence-electron chi connectivity index (χ1n) is 9.75.